The summed E-state index contributed by atoms with van der Waals surface area (Å²) in [7, 11) is 0. The minimum absolute atomic E-state index is 0.206. The van der Waals surface area contributed by atoms with Crippen molar-refractivity contribution in [2.24, 2.45) is 0 Å². The van der Waals surface area contributed by atoms with E-state index in [4.69, 9.17) is 9.84 Å². The first-order valence-corrected chi connectivity index (χ1v) is 3.61. The Bertz CT molecular complexity index is 111. The number of carbonyl (C=O) groups is 1. The van der Waals surface area contributed by atoms with Crippen molar-refractivity contribution < 1.29 is 19.4 Å². The van der Waals surface area contributed by atoms with Crippen LogP contribution in [0.25, 0.3) is 0 Å². The van der Waals surface area contributed by atoms with Crippen LogP contribution in [0.4, 0.5) is 0 Å². The highest BCUT2D eigenvalue weighted by atomic mass is 16.6. The van der Waals surface area contributed by atoms with Gasteiger partial charge in [0.15, 0.2) is 0 Å². The largest absolute Gasteiger partial charge is 0.461 e. The van der Waals surface area contributed by atoms with Crippen molar-refractivity contribution in [3.8, 4) is 0 Å². The van der Waals surface area contributed by atoms with E-state index < -0.39 is 12.1 Å². The van der Waals surface area contributed by atoms with E-state index in [9.17, 15) is 4.79 Å². The molecule has 0 saturated heterocycles. The molecule has 0 unspecified atom stereocenters. The standard InChI is InChI=1S/C7H14O4/c1-3-10-4-5-11-7(9)6(2)8/h6,8H,3-5H2,1-2H3/t6-/m0/s1. The number of hydrogen-bond donors (Lipinski definition) is 1. The molecule has 0 aliphatic carbocycles. The summed E-state index contributed by atoms with van der Waals surface area (Å²) in [6, 6.07) is 0. The smallest absolute Gasteiger partial charge is 0.334 e. The van der Waals surface area contributed by atoms with E-state index in [-0.39, 0.29) is 6.61 Å². The van der Waals surface area contributed by atoms with E-state index in [2.05, 4.69) is 4.74 Å². The van der Waals surface area contributed by atoms with Crippen LogP contribution < -0.4 is 0 Å². The van der Waals surface area contributed by atoms with Crippen molar-refractivity contribution in [3.05, 3.63) is 0 Å². The predicted octanol–water partition coefficient (Wildman–Crippen LogP) is -0.0531. The Kier molecular flexibility index (Phi) is 5.78. The van der Waals surface area contributed by atoms with Crippen LogP contribution in [0.2, 0.25) is 0 Å². The van der Waals surface area contributed by atoms with Crippen molar-refractivity contribution >= 4 is 5.97 Å². The number of aliphatic hydroxyl groups excluding tert-OH is 1. The predicted molar refractivity (Wildman–Crippen MR) is 39.1 cm³/mol. The summed E-state index contributed by atoms with van der Waals surface area (Å²) in [4.78, 5) is 10.6. The molecule has 0 aromatic carbocycles. The summed E-state index contributed by atoms with van der Waals surface area (Å²) >= 11 is 0. The van der Waals surface area contributed by atoms with Crippen LogP contribution in [0.1, 0.15) is 13.8 Å². The van der Waals surface area contributed by atoms with E-state index in [1.165, 1.54) is 6.92 Å². The highest BCUT2D eigenvalue weighted by Gasteiger charge is 2.08. The quantitative estimate of drug-likeness (QED) is 0.454. The number of esters is 1. The van der Waals surface area contributed by atoms with Crippen molar-refractivity contribution in [2.45, 2.75) is 20.0 Å². The highest BCUT2D eigenvalue weighted by Crippen LogP contribution is 1.86. The topological polar surface area (TPSA) is 55.8 Å². The molecule has 1 N–H and O–H groups in total. The van der Waals surface area contributed by atoms with Gasteiger partial charge in [-0.3, -0.25) is 0 Å². The third kappa shape index (κ3) is 5.82. The Morgan fingerprint density at radius 2 is 2.18 bits per heavy atom. The summed E-state index contributed by atoms with van der Waals surface area (Å²) < 4.78 is 9.50. The molecule has 4 heteroatoms. The normalized spacial score (nSPS) is 12.6. The fraction of sp³-hybridized carbons (Fsp3) is 0.857. The number of carbonyl (C=O) groups excluding carboxylic acids is 1. The zero-order valence-corrected chi connectivity index (χ0v) is 6.87. The molecular weight excluding hydrogens is 148 g/mol. The van der Waals surface area contributed by atoms with Gasteiger partial charge in [-0.2, -0.15) is 0 Å². The first-order chi connectivity index (χ1) is 5.18. The van der Waals surface area contributed by atoms with Crippen LogP contribution in [0.5, 0.6) is 0 Å². The molecule has 0 bridgehead atoms. The van der Waals surface area contributed by atoms with Crippen LogP contribution in [-0.4, -0.2) is 37.0 Å². The first-order valence-electron chi connectivity index (χ1n) is 3.61. The van der Waals surface area contributed by atoms with E-state index in [1.54, 1.807) is 0 Å². The molecule has 0 radical (unpaired) electrons. The van der Waals surface area contributed by atoms with Crippen molar-refractivity contribution in [2.75, 3.05) is 19.8 Å². The summed E-state index contributed by atoms with van der Waals surface area (Å²) in [5.41, 5.74) is 0. The summed E-state index contributed by atoms with van der Waals surface area (Å²) in [6.45, 7) is 4.41. The van der Waals surface area contributed by atoms with Gasteiger partial charge in [-0.1, -0.05) is 0 Å². The average molecular weight is 162 g/mol. The Morgan fingerprint density at radius 1 is 1.55 bits per heavy atom. The summed E-state index contributed by atoms with van der Waals surface area (Å²) in [6.07, 6.45) is -1.04. The monoisotopic (exact) mass is 162 g/mol. The molecule has 0 rings (SSSR count). The fourth-order valence-corrected chi connectivity index (χ4v) is 0.466. The Labute approximate surface area is 66.1 Å². The Morgan fingerprint density at radius 3 is 2.64 bits per heavy atom. The second-order valence-electron chi connectivity index (χ2n) is 2.04. The second kappa shape index (κ2) is 6.12. The van der Waals surface area contributed by atoms with Crippen LogP contribution in [0.3, 0.4) is 0 Å². The zero-order chi connectivity index (χ0) is 8.69. The van der Waals surface area contributed by atoms with E-state index in [1.807, 2.05) is 6.92 Å². The third-order valence-corrected chi connectivity index (χ3v) is 1.02. The van der Waals surface area contributed by atoms with Crippen LogP contribution in [0.15, 0.2) is 0 Å². The number of aliphatic hydroxyl groups is 1. The maximum atomic E-state index is 10.6. The molecule has 0 spiro atoms. The van der Waals surface area contributed by atoms with Crippen molar-refractivity contribution in [1.82, 2.24) is 0 Å². The van der Waals surface area contributed by atoms with Crippen LogP contribution in [0, 0.1) is 0 Å². The molecule has 0 saturated carbocycles. The van der Waals surface area contributed by atoms with Gasteiger partial charge in [0.1, 0.15) is 12.7 Å². The number of hydrogen-bond acceptors (Lipinski definition) is 4. The molecule has 66 valence electrons. The highest BCUT2D eigenvalue weighted by molar-refractivity contribution is 5.73. The minimum Gasteiger partial charge on any atom is -0.461 e. The molecule has 0 heterocycles. The molecule has 0 amide bonds. The average Bonchev–Trinajstić information content (AvgIpc) is 1.97. The lowest BCUT2D eigenvalue weighted by Gasteiger charge is -2.05. The summed E-state index contributed by atoms with van der Waals surface area (Å²) in [5, 5.41) is 8.66. The lowest BCUT2D eigenvalue weighted by atomic mass is 10.4. The SMILES string of the molecule is CCOCCOC(=O)[C@H](C)O. The van der Waals surface area contributed by atoms with Gasteiger partial charge < -0.3 is 14.6 Å². The molecule has 1 atom stereocenters. The number of ether oxygens (including phenoxy) is 2. The lowest BCUT2D eigenvalue weighted by Crippen LogP contribution is -2.21. The van der Waals surface area contributed by atoms with Gasteiger partial charge in [0.25, 0.3) is 0 Å². The van der Waals surface area contributed by atoms with Crippen molar-refractivity contribution in [3.63, 3.8) is 0 Å². The van der Waals surface area contributed by atoms with Crippen molar-refractivity contribution in [1.29, 1.82) is 0 Å². The van der Waals surface area contributed by atoms with Gasteiger partial charge in [-0.25, -0.2) is 4.79 Å². The molecule has 0 fully saturated rings. The maximum Gasteiger partial charge on any atom is 0.334 e. The second-order valence-corrected chi connectivity index (χ2v) is 2.04. The minimum atomic E-state index is -1.04. The molecule has 4 nitrogen and oxygen atoms in total. The first kappa shape index (κ1) is 10.4. The van der Waals surface area contributed by atoms with Crippen LogP contribution >= 0.6 is 0 Å². The molecule has 0 aromatic rings. The van der Waals surface area contributed by atoms with Gasteiger partial charge in [-0.15, -0.1) is 0 Å². The fourth-order valence-electron chi connectivity index (χ4n) is 0.466. The molecule has 0 aromatic heterocycles. The van der Waals surface area contributed by atoms with E-state index in [0.29, 0.717) is 13.2 Å². The number of rotatable bonds is 5. The molecule has 11 heavy (non-hydrogen) atoms. The van der Waals surface area contributed by atoms with Crippen LogP contribution in [-0.2, 0) is 14.3 Å². The van der Waals surface area contributed by atoms with Gasteiger partial charge >= 0.3 is 5.97 Å². The third-order valence-electron chi connectivity index (χ3n) is 1.02. The Hall–Kier alpha value is -0.610. The molecule has 0 aliphatic rings. The molecule has 0 aliphatic heterocycles. The summed E-state index contributed by atoms with van der Waals surface area (Å²) in [5.74, 6) is -0.607. The van der Waals surface area contributed by atoms with E-state index >= 15 is 0 Å². The lowest BCUT2D eigenvalue weighted by molar-refractivity contribution is -0.153. The van der Waals surface area contributed by atoms with Gasteiger partial charge in [-0.05, 0) is 13.8 Å². The van der Waals surface area contributed by atoms with Gasteiger partial charge in [0, 0.05) is 6.61 Å². The van der Waals surface area contributed by atoms with Gasteiger partial charge in [0.2, 0.25) is 0 Å². The zero-order valence-electron chi connectivity index (χ0n) is 6.87. The van der Waals surface area contributed by atoms with Gasteiger partial charge in [0.05, 0.1) is 6.61 Å². The Balaban J connectivity index is 3.18. The molecular formula is C7H14O4. The maximum absolute atomic E-state index is 10.6. The van der Waals surface area contributed by atoms with E-state index in [0.717, 1.165) is 0 Å².